The lowest BCUT2D eigenvalue weighted by molar-refractivity contribution is -0.137. The Labute approximate surface area is 145 Å². The van der Waals surface area contributed by atoms with Crippen molar-refractivity contribution in [1.82, 2.24) is 15.8 Å². The summed E-state index contributed by atoms with van der Waals surface area (Å²) < 4.78 is 38.3. The highest BCUT2D eigenvalue weighted by Crippen LogP contribution is 2.35. The van der Waals surface area contributed by atoms with E-state index in [0.29, 0.717) is 0 Å². The average Bonchev–Trinajstić information content (AvgIpc) is 2.58. The molecule has 0 unspecified atom stereocenters. The van der Waals surface area contributed by atoms with Crippen molar-refractivity contribution in [3.63, 3.8) is 0 Å². The van der Waals surface area contributed by atoms with Crippen molar-refractivity contribution in [2.24, 2.45) is 0 Å². The molecular formula is C16H11ClF3N3O2. The molecule has 1 aromatic heterocycles. The van der Waals surface area contributed by atoms with Crippen LogP contribution in [0.15, 0.2) is 48.7 Å². The Hall–Kier alpha value is -2.87. The predicted molar refractivity (Wildman–Crippen MR) is 85.3 cm³/mol. The molecule has 0 saturated carbocycles. The van der Waals surface area contributed by atoms with E-state index in [9.17, 15) is 22.8 Å². The van der Waals surface area contributed by atoms with Gasteiger partial charge in [-0.25, -0.2) is 0 Å². The maximum absolute atomic E-state index is 12.8. The second-order valence-electron chi connectivity index (χ2n) is 4.73. The molecule has 130 valence electrons. The van der Waals surface area contributed by atoms with Gasteiger partial charge in [-0.2, -0.15) is 13.2 Å². The molecule has 0 radical (unpaired) electrons. The Bertz CT molecular complexity index is 808. The van der Waals surface area contributed by atoms with Gasteiger partial charge in [-0.1, -0.05) is 23.7 Å². The molecule has 2 aromatic rings. The maximum Gasteiger partial charge on any atom is 0.417 e. The Morgan fingerprint density at radius 2 is 1.88 bits per heavy atom. The minimum atomic E-state index is -4.60. The van der Waals surface area contributed by atoms with Crippen LogP contribution >= 0.6 is 11.6 Å². The molecule has 0 fully saturated rings. The topological polar surface area (TPSA) is 71.1 Å². The zero-order valence-electron chi connectivity index (χ0n) is 12.5. The molecule has 5 nitrogen and oxygen atoms in total. The number of aromatic nitrogens is 1. The summed E-state index contributed by atoms with van der Waals surface area (Å²) in [5.74, 6) is -1.36. The largest absolute Gasteiger partial charge is 0.417 e. The first-order chi connectivity index (χ1) is 11.8. The van der Waals surface area contributed by atoms with Gasteiger partial charge in [-0.15, -0.1) is 0 Å². The standard InChI is InChI=1S/C16H11ClF3N3O2/c17-12-6-4-10(9-11(12)16(18,19)20)5-7-14(24)22-23-15(25)13-3-1-2-8-21-13/h1-9H,(H,22,24)(H,23,25)/b7-5+. The number of hydrazine groups is 1. The summed E-state index contributed by atoms with van der Waals surface area (Å²) in [6.45, 7) is 0. The van der Waals surface area contributed by atoms with Crippen molar-refractivity contribution in [3.8, 4) is 0 Å². The monoisotopic (exact) mass is 369 g/mol. The molecule has 2 amide bonds. The van der Waals surface area contributed by atoms with Crippen LogP contribution in [0, 0.1) is 0 Å². The molecule has 0 atom stereocenters. The second kappa shape index (κ2) is 7.80. The van der Waals surface area contributed by atoms with E-state index in [-0.39, 0.29) is 11.3 Å². The first-order valence-corrected chi connectivity index (χ1v) is 7.21. The van der Waals surface area contributed by atoms with Crippen molar-refractivity contribution < 1.29 is 22.8 Å². The zero-order valence-corrected chi connectivity index (χ0v) is 13.2. The van der Waals surface area contributed by atoms with Gasteiger partial charge in [-0.05, 0) is 35.9 Å². The molecule has 0 saturated heterocycles. The van der Waals surface area contributed by atoms with Gasteiger partial charge in [0.2, 0.25) is 0 Å². The Morgan fingerprint density at radius 1 is 1.12 bits per heavy atom. The van der Waals surface area contributed by atoms with Crippen LogP contribution in [0.3, 0.4) is 0 Å². The fourth-order valence-electron chi connectivity index (χ4n) is 1.76. The highest BCUT2D eigenvalue weighted by Gasteiger charge is 2.33. The third-order valence-corrected chi connectivity index (χ3v) is 3.25. The number of amides is 2. The summed E-state index contributed by atoms with van der Waals surface area (Å²) in [6, 6.07) is 7.91. The average molecular weight is 370 g/mol. The molecule has 25 heavy (non-hydrogen) atoms. The van der Waals surface area contributed by atoms with E-state index in [1.165, 1.54) is 18.3 Å². The fraction of sp³-hybridized carbons (Fsp3) is 0.0625. The summed E-state index contributed by atoms with van der Waals surface area (Å²) >= 11 is 5.51. The van der Waals surface area contributed by atoms with Crippen molar-refractivity contribution >= 4 is 29.5 Å². The number of carbonyl (C=O) groups is 2. The molecule has 2 rings (SSSR count). The van der Waals surface area contributed by atoms with E-state index in [4.69, 9.17) is 11.6 Å². The molecule has 0 bridgehead atoms. The van der Waals surface area contributed by atoms with Gasteiger partial charge in [0.25, 0.3) is 11.8 Å². The third kappa shape index (κ3) is 5.32. The fourth-order valence-corrected chi connectivity index (χ4v) is 1.98. The third-order valence-electron chi connectivity index (χ3n) is 2.92. The Balaban J connectivity index is 1.98. The number of nitrogens with zero attached hydrogens (tertiary/aromatic N) is 1. The summed E-state index contributed by atoms with van der Waals surface area (Å²) in [5.41, 5.74) is 3.44. The number of carbonyl (C=O) groups excluding carboxylic acids is 2. The molecule has 0 aliphatic heterocycles. The van der Waals surface area contributed by atoms with E-state index in [0.717, 1.165) is 24.3 Å². The van der Waals surface area contributed by atoms with Crippen LogP contribution in [-0.4, -0.2) is 16.8 Å². The number of hydrogen-bond acceptors (Lipinski definition) is 3. The van der Waals surface area contributed by atoms with E-state index in [1.807, 2.05) is 0 Å². The van der Waals surface area contributed by atoms with E-state index < -0.39 is 28.6 Å². The first kappa shape index (κ1) is 18.5. The van der Waals surface area contributed by atoms with E-state index in [1.54, 1.807) is 12.1 Å². The summed E-state index contributed by atoms with van der Waals surface area (Å²) in [5, 5.41) is -0.434. The number of hydrogen-bond donors (Lipinski definition) is 2. The lowest BCUT2D eigenvalue weighted by Crippen LogP contribution is -2.41. The minimum Gasteiger partial charge on any atom is -0.268 e. The van der Waals surface area contributed by atoms with Gasteiger partial charge in [0.1, 0.15) is 5.69 Å². The molecule has 1 aromatic carbocycles. The van der Waals surface area contributed by atoms with Crippen LogP contribution in [0.4, 0.5) is 13.2 Å². The van der Waals surface area contributed by atoms with Crippen molar-refractivity contribution in [2.75, 3.05) is 0 Å². The molecule has 9 heteroatoms. The van der Waals surface area contributed by atoms with Crippen LogP contribution in [-0.2, 0) is 11.0 Å². The quantitative estimate of drug-likeness (QED) is 0.644. The van der Waals surface area contributed by atoms with Gasteiger partial charge >= 0.3 is 6.18 Å². The molecule has 1 heterocycles. The first-order valence-electron chi connectivity index (χ1n) is 6.83. The predicted octanol–water partition coefficient (Wildman–Crippen LogP) is 3.23. The summed E-state index contributed by atoms with van der Waals surface area (Å²) in [4.78, 5) is 27.1. The van der Waals surface area contributed by atoms with Gasteiger partial charge in [0, 0.05) is 12.3 Å². The Morgan fingerprint density at radius 3 is 2.52 bits per heavy atom. The SMILES string of the molecule is O=C(/C=C/c1ccc(Cl)c(C(F)(F)F)c1)NNC(=O)c1ccccn1. The van der Waals surface area contributed by atoms with Gasteiger partial charge < -0.3 is 0 Å². The van der Waals surface area contributed by atoms with Crippen LogP contribution in [0.25, 0.3) is 6.08 Å². The lowest BCUT2D eigenvalue weighted by Gasteiger charge is -2.09. The van der Waals surface area contributed by atoms with Crippen LogP contribution in [0.2, 0.25) is 5.02 Å². The molecule has 0 spiro atoms. The van der Waals surface area contributed by atoms with Crippen molar-refractivity contribution in [2.45, 2.75) is 6.18 Å². The summed E-state index contributed by atoms with van der Waals surface area (Å²) in [7, 11) is 0. The maximum atomic E-state index is 12.8. The number of halogens is 4. The molecule has 0 aliphatic carbocycles. The normalized spacial score (nSPS) is 11.4. The van der Waals surface area contributed by atoms with Crippen molar-refractivity contribution in [1.29, 1.82) is 0 Å². The second-order valence-corrected chi connectivity index (χ2v) is 5.14. The Kier molecular flexibility index (Phi) is 5.76. The minimum absolute atomic E-state index is 0.0966. The zero-order chi connectivity index (χ0) is 18.4. The van der Waals surface area contributed by atoms with Gasteiger partial charge in [-0.3, -0.25) is 25.4 Å². The van der Waals surface area contributed by atoms with Gasteiger partial charge in [0.15, 0.2) is 0 Å². The van der Waals surface area contributed by atoms with Crippen LogP contribution in [0.1, 0.15) is 21.6 Å². The number of pyridine rings is 1. The highest BCUT2D eigenvalue weighted by molar-refractivity contribution is 6.31. The number of alkyl halides is 3. The van der Waals surface area contributed by atoms with Gasteiger partial charge in [0.05, 0.1) is 10.6 Å². The van der Waals surface area contributed by atoms with E-state index in [2.05, 4.69) is 15.8 Å². The number of rotatable bonds is 3. The van der Waals surface area contributed by atoms with E-state index >= 15 is 0 Å². The smallest absolute Gasteiger partial charge is 0.268 e. The van der Waals surface area contributed by atoms with Crippen LogP contribution < -0.4 is 10.9 Å². The number of benzene rings is 1. The lowest BCUT2D eigenvalue weighted by atomic mass is 10.1. The number of nitrogens with one attached hydrogen (secondary N) is 2. The molecule has 0 aliphatic rings. The van der Waals surface area contributed by atoms with Crippen molar-refractivity contribution in [3.05, 3.63) is 70.5 Å². The molecule has 2 N–H and O–H groups in total. The molecular weight excluding hydrogens is 359 g/mol. The van der Waals surface area contributed by atoms with Crippen LogP contribution in [0.5, 0.6) is 0 Å². The highest BCUT2D eigenvalue weighted by atomic mass is 35.5. The summed E-state index contributed by atoms with van der Waals surface area (Å²) in [6.07, 6.45) is -1.05.